The molecule has 1 atom stereocenters. The van der Waals surface area contributed by atoms with Crippen LogP contribution >= 0.6 is 0 Å². The molecule has 2 aromatic rings. The predicted molar refractivity (Wildman–Crippen MR) is 108 cm³/mol. The van der Waals surface area contributed by atoms with E-state index in [0.29, 0.717) is 12.5 Å². The Hall–Kier alpha value is -0.740. The second-order valence-corrected chi connectivity index (χ2v) is 11.9. The molecular weight excluding hydrogens is 465 g/mol. The van der Waals surface area contributed by atoms with Crippen molar-refractivity contribution in [3.05, 3.63) is 30.3 Å². The molecular formula is C13H16NNaO9S4. The molecule has 152 valence electrons. The molecule has 2 aromatic carbocycles. The van der Waals surface area contributed by atoms with E-state index in [1.54, 1.807) is 0 Å². The molecule has 0 aliphatic rings. The number of sulfonamides is 2. The van der Waals surface area contributed by atoms with Crippen molar-refractivity contribution in [3.8, 4) is 5.75 Å². The molecule has 10 nitrogen and oxygen atoms in total. The van der Waals surface area contributed by atoms with Gasteiger partial charge in [-0.1, -0.05) is 18.2 Å². The average molecular weight is 482 g/mol. The van der Waals surface area contributed by atoms with Crippen molar-refractivity contribution in [2.45, 2.75) is 4.90 Å². The average Bonchev–Trinajstić information content (AvgIpc) is 2.43. The van der Waals surface area contributed by atoms with Gasteiger partial charge in [0.2, 0.25) is 20.0 Å². The number of hydrogen-bond acceptors (Lipinski definition) is 8. The van der Waals surface area contributed by atoms with Gasteiger partial charge in [-0.25, -0.2) is 21.0 Å². The first-order chi connectivity index (χ1) is 12.1. The zero-order valence-corrected chi connectivity index (χ0v) is 17.4. The first kappa shape index (κ1) is 25.3. The maximum absolute atomic E-state index is 12.0. The van der Waals surface area contributed by atoms with Crippen LogP contribution in [-0.4, -0.2) is 82.3 Å². The first-order valence-electron chi connectivity index (χ1n) is 6.89. The van der Waals surface area contributed by atoms with Gasteiger partial charge in [0.05, 0.1) is 24.5 Å². The van der Waals surface area contributed by atoms with Crippen molar-refractivity contribution in [1.82, 2.24) is 0 Å². The van der Waals surface area contributed by atoms with E-state index in [0.717, 1.165) is 12.3 Å². The van der Waals surface area contributed by atoms with Crippen LogP contribution in [0, 0.1) is 0 Å². The van der Waals surface area contributed by atoms with E-state index in [4.69, 9.17) is 4.18 Å². The molecule has 0 heterocycles. The topological polar surface area (TPSA) is 152 Å². The summed E-state index contributed by atoms with van der Waals surface area (Å²) in [5.41, 5.74) is -0.286. The Morgan fingerprint density at radius 3 is 1.86 bits per heavy atom. The van der Waals surface area contributed by atoms with Gasteiger partial charge in [-0.05, 0) is 12.1 Å². The molecule has 1 unspecified atom stereocenters. The molecule has 0 fully saturated rings. The summed E-state index contributed by atoms with van der Waals surface area (Å²) in [5, 5.41) is -0.0728. The first-order valence-corrected chi connectivity index (χ1v) is 13.5. The summed E-state index contributed by atoms with van der Waals surface area (Å²) in [7, 11) is -12.6. The van der Waals surface area contributed by atoms with Gasteiger partial charge in [0, 0.05) is 10.8 Å². The van der Waals surface area contributed by atoms with E-state index < -0.39 is 47.0 Å². The van der Waals surface area contributed by atoms with Gasteiger partial charge < -0.3 is 8.74 Å². The summed E-state index contributed by atoms with van der Waals surface area (Å²) in [6.07, 6.45) is 2.11. The van der Waals surface area contributed by atoms with E-state index in [-0.39, 0.29) is 54.6 Å². The Morgan fingerprint density at radius 2 is 1.43 bits per heavy atom. The van der Waals surface area contributed by atoms with Gasteiger partial charge in [0.1, 0.15) is 4.90 Å². The molecule has 0 amide bonds. The Kier molecular flexibility index (Phi) is 7.73. The fourth-order valence-electron chi connectivity index (χ4n) is 2.43. The Morgan fingerprint density at radius 1 is 0.893 bits per heavy atom. The van der Waals surface area contributed by atoms with Crippen LogP contribution in [0.4, 0.5) is 5.69 Å². The summed E-state index contributed by atoms with van der Waals surface area (Å²) in [6.45, 7) is 0. The fourth-order valence-corrected chi connectivity index (χ4v) is 6.46. The van der Waals surface area contributed by atoms with Gasteiger partial charge in [-0.2, -0.15) is 12.1 Å². The normalized spacial score (nSPS) is 13.6. The minimum absolute atomic E-state index is 0. The van der Waals surface area contributed by atoms with Crippen molar-refractivity contribution < 1.29 is 38.2 Å². The maximum atomic E-state index is 12.0. The second-order valence-electron chi connectivity index (χ2n) is 5.52. The van der Waals surface area contributed by atoms with Crippen LogP contribution in [0.25, 0.3) is 10.8 Å². The van der Waals surface area contributed by atoms with Crippen LogP contribution in [0.5, 0.6) is 5.75 Å². The third kappa shape index (κ3) is 5.66. The van der Waals surface area contributed by atoms with Crippen molar-refractivity contribution in [2.24, 2.45) is 0 Å². The molecule has 28 heavy (non-hydrogen) atoms. The fraction of sp³-hybridized carbons (Fsp3) is 0.231. The molecule has 1 N–H and O–H groups in total. The second kappa shape index (κ2) is 8.55. The van der Waals surface area contributed by atoms with Gasteiger partial charge in [-0.15, -0.1) is 0 Å². The molecule has 2 rings (SSSR count). The van der Waals surface area contributed by atoms with Crippen LogP contribution in [0.1, 0.15) is 0 Å². The van der Waals surface area contributed by atoms with Crippen molar-refractivity contribution in [1.29, 1.82) is 0 Å². The number of rotatable bonds is 6. The SMILES string of the molecule is CS(=O)(=O)Oc1c(S(=O)O)ccc2c(N(S(C)(=O)=O)S(C)(=O)=O)cccc12.[NaH]. The summed E-state index contributed by atoms with van der Waals surface area (Å²) in [6, 6.07) is 6.01. The summed E-state index contributed by atoms with van der Waals surface area (Å²) < 4.78 is 97.2. The van der Waals surface area contributed by atoms with Gasteiger partial charge in [0.25, 0.3) is 0 Å². The Labute approximate surface area is 187 Å². The third-order valence-corrected chi connectivity index (χ3v) is 7.56. The number of benzene rings is 2. The minimum atomic E-state index is -4.26. The standard InChI is InChI=1S/C13H15NO9S4.Na.H/c1-25(17,18)14(26(2,19)20)11-6-4-5-10-9(11)7-8-12(24(15)16)13(10)23-27(3,21)22;;/h4-8H,1-3H3,(H,15,16);;. The number of fused-ring (bicyclic) bond motifs is 1. The van der Waals surface area contributed by atoms with E-state index in [9.17, 15) is 34.0 Å². The molecule has 0 radical (unpaired) electrons. The zero-order valence-electron chi connectivity index (χ0n) is 14.2. The van der Waals surface area contributed by atoms with Gasteiger partial charge in [0.15, 0.2) is 16.8 Å². The predicted octanol–water partition coefficient (Wildman–Crippen LogP) is -0.164. The number of nitrogens with zero attached hydrogens (tertiary/aromatic N) is 1. The monoisotopic (exact) mass is 481 g/mol. The van der Waals surface area contributed by atoms with Crippen molar-refractivity contribution >= 4 is 87.3 Å². The van der Waals surface area contributed by atoms with E-state index in [2.05, 4.69) is 0 Å². The van der Waals surface area contributed by atoms with E-state index in [1.807, 2.05) is 0 Å². The quantitative estimate of drug-likeness (QED) is 0.337. The Balaban J connectivity index is 0.00000392. The summed E-state index contributed by atoms with van der Waals surface area (Å²) in [4.78, 5) is -0.379. The van der Waals surface area contributed by atoms with Crippen LogP contribution in [0.15, 0.2) is 35.2 Å². The van der Waals surface area contributed by atoms with Crippen molar-refractivity contribution in [3.63, 3.8) is 0 Å². The number of anilines is 1. The summed E-state index contributed by atoms with van der Waals surface area (Å²) >= 11 is -2.62. The van der Waals surface area contributed by atoms with Crippen LogP contribution in [0.2, 0.25) is 0 Å². The van der Waals surface area contributed by atoms with Gasteiger partial charge >= 0.3 is 39.7 Å². The molecule has 0 saturated heterocycles. The molecule has 0 aromatic heterocycles. The van der Waals surface area contributed by atoms with Crippen molar-refractivity contribution in [2.75, 3.05) is 22.5 Å². The van der Waals surface area contributed by atoms with E-state index in [1.165, 1.54) is 24.3 Å². The zero-order chi connectivity index (χ0) is 20.8. The molecule has 0 spiro atoms. The third-order valence-electron chi connectivity index (χ3n) is 3.17. The summed E-state index contributed by atoms with van der Waals surface area (Å²) in [5.74, 6) is -0.500. The number of hydrogen-bond donors (Lipinski definition) is 1. The molecule has 0 aliphatic carbocycles. The van der Waals surface area contributed by atoms with Gasteiger partial charge in [-0.3, -0.25) is 0 Å². The van der Waals surface area contributed by atoms with Crippen LogP contribution in [0.3, 0.4) is 0 Å². The Bertz CT molecular complexity index is 1220. The van der Waals surface area contributed by atoms with Crippen LogP contribution < -0.4 is 7.89 Å². The molecule has 0 bridgehead atoms. The molecule has 0 saturated carbocycles. The van der Waals surface area contributed by atoms with E-state index >= 15 is 0 Å². The molecule has 15 heteroatoms. The van der Waals surface area contributed by atoms with Crippen LogP contribution in [-0.2, 0) is 41.2 Å². The molecule has 0 aliphatic heterocycles.